The van der Waals surface area contributed by atoms with Gasteiger partial charge in [0.05, 0.1) is 28.8 Å². The average molecular weight is 381 g/mol. The summed E-state index contributed by atoms with van der Waals surface area (Å²) in [6.07, 6.45) is 13.4. The van der Waals surface area contributed by atoms with E-state index in [2.05, 4.69) is 33.1 Å². The third kappa shape index (κ3) is 3.08. The highest BCUT2D eigenvalue weighted by atomic mass is 15.2. The molecule has 0 atom stereocenters. The smallest absolute Gasteiger partial charge is 0.154 e. The number of imidazole rings is 1. The number of benzene rings is 1. The molecule has 0 unspecified atom stereocenters. The molecule has 0 amide bonds. The summed E-state index contributed by atoms with van der Waals surface area (Å²) in [6.45, 7) is 6.19. The molecule has 1 aliphatic heterocycles. The van der Waals surface area contributed by atoms with Crippen LogP contribution in [0.5, 0.6) is 0 Å². The lowest BCUT2D eigenvalue weighted by atomic mass is 10.1. The second-order valence-electron chi connectivity index (χ2n) is 6.72. The third-order valence-corrected chi connectivity index (χ3v) is 4.78. The van der Waals surface area contributed by atoms with Gasteiger partial charge in [0.1, 0.15) is 5.65 Å². The van der Waals surface area contributed by atoms with Crippen LogP contribution in [0.2, 0.25) is 0 Å². The summed E-state index contributed by atoms with van der Waals surface area (Å²) in [4.78, 5) is 11.1. The van der Waals surface area contributed by atoms with Crippen molar-refractivity contribution in [3.8, 4) is 0 Å². The van der Waals surface area contributed by atoms with Crippen LogP contribution >= 0.6 is 0 Å². The fraction of sp³-hybridized carbons (Fsp3) is 0.0455. The molecule has 7 heteroatoms. The van der Waals surface area contributed by atoms with Crippen molar-refractivity contribution < 1.29 is 0 Å². The van der Waals surface area contributed by atoms with E-state index < -0.39 is 0 Å². The Hall–Kier alpha value is -4.13. The number of rotatable bonds is 3. The summed E-state index contributed by atoms with van der Waals surface area (Å²) >= 11 is 0. The van der Waals surface area contributed by atoms with Gasteiger partial charge < -0.3 is 14.6 Å². The van der Waals surface area contributed by atoms with Gasteiger partial charge >= 0.3 is 0 Å². The van der Waals surface area contributed by atoms with Gasteiger partial charge in [-0.2, -0.15) is 5.10 Å². The van der Waals surface area contributed by atoms with Crippen molar-refractivity contribution in [1.29, 1.82) is 0 Å². The summed E-state index contributed by atoms with van der Waals surface area (Å²) < 4.78 is 1.96. The number of aromatic amines is 1. The number of aliphatic imine (C=N–C) groups is 1. The van der Waals surface area contributed by atoms with Crippen molar-refractivity contribution in [3.05, 3.63) is 91.4 Å². The van der Waals surface area contributed by atoms with Gasteiger partial charge in [-0.1, -0.05) is 24.8 Å². The molecule has 29 heavy (non-hydrogen) atoms. The lowest BCUT2D eigenvalue weighted by Crippen LogP contribution is -2.26. The maximum Gasteiger partial charge on any atom is 0.154 e. The van der Waals surface area contributed by atoms with Gasteiger partial charge in [0.2, 0.25) is 0 Å². The second kappa shape index (κ2) is 6.79. The molecule has 2 N–H and O–H groups in total. The molecule has 0 spiro atoms. The largest absolute Gasteiger partial charge is 0.337 e. The van der Waals surface area contributed by atoms with E-state index in [1.807, 2.05) is 77.6 Å². The molecule has 0 saturated carbocycles. The maximum absolute atomic E-state index is 4.85. The Morgan fingerprint density at radius 3 is 3.03 bits per heavy atom. The van der Waals surface area contributed by atoms with Gasteiger partial charge in [-0.15, -0.1) is 0 Å². The third-order valence-electron chi connectivity index (χ3n) is 4.78. The molecule has 7 nitrogen and oxygen atoms in total. The van der Waals surface area contributed by atoms with Crippen molar-refractivity contribution in [2.75, 3.05) is 5.32 Å². The van der Waals surface area contributed by atoms with Crippen LogP contribution in [0.15, 0.2) is 90.9 Å². The monoisotopic (exact) mass is 381 g/mol. The number of nitrogens with one attached hydrogen (secondary N) is 2. The van der Waals surface area contributed by atoms with Crippen LogP contribution < -0.4 is 5.32 Å². The SMILES string of the molecule is C=C1C(Nc2ccc3nccn3c2)=NC(c2ccc3cn[nH]c3c2)=CN1/C=C\C. The van der Waals surface area contributed by atoms with Crippen LogP contribution in [0.3, 0.4) is 0 Å². The number of aromatic nitrogens is 4. The van der Waals surface area contributed by atoms with Gasteiger partial charge in [-0.05, 0) is 25.1 Å². The molecule has 0 bridgehead atoms. The molecule has 4 aromatic rings. The molecule has 5 rings (SSSR count). The minimum absolute atomic E-state index is 0.685. The fourth-order valence-electron chi connectivity index (χ4n) is 3.31. The first kappa shape index (κ1) is 17.0. The fourth-order valence-corrected chi connectivity index (χ4v) is 3.31. The Labute approximate surface area is 167 Å². The van der Waals surface area contributed by atoms with Gasteiger partial charge in [0, 0.05) is 41.9 Å². The molecule has 1 aromatic carbocycles. The van der Waals surface area contributed by atoms with E-state index in [1.165, 1.54) is 0 Å². The van der Waals surface area contributed by atoms with E-state index in [9.17, 15) is 0 Å². The first-order chi connectivity index (χ1) is 14.2. The number of hydrogen-bond donors (Lipinski definition) is 2. The highest BCUT2D eigenvalue weighted by Crippen LogP contribution is 2.27. The summed E-state index contributed by atoms with van der Waals surface area (Å²) in [6, 6.07) is 10.1. The molecule has 142 valence electrons. The number of anilines is 1. The predicted octanol–water partition coefficient (Wildman–Crippen LogP) is 4.38. The molecule has 1 aliphatic rings. The standard InChI is InChI=1S/C22H19N7/c1-3-9-28-14-20(16-4-5-17-12-24-27-19(17)11-16)26-22(15(28)2)25-18-6-7-21-23-8-10-29(21)13-18/h3-14H,2H2,1H3,(H,24,27)(H,25,26)/b9-3-. The molecule has 3 aromatic heterocycles. The molecule has 0 radical (unpaired) electrons. The number of nitrogens with zero attached hydrogens (tertiary/aromatic N) is 5. The highest BCUT2D eigenvalue weighted by Gasteiger charge is 2.19. The van der Waals surface area contributed by atoms with Gasteiger partial charge in [-0.3, -0.25) is 5.10 Å². The van der Waals surface area contributed by atoms with E-state index >= 15 is 0 Å². The van der Waals surface area contributed by atoms with E-state index in [0.717, 1.165) is 39.2 Å². The zero-order chi connectivity index (χ0) is 19.8. The Morgan fingerprint density at radius 2 is 2.14 bits per heavy atom. The Balaban J connectivity index is 1.54. The predicted molar refractivity (Wildman–Crippen MR) is 116 cm³/mol. The lowest BCUT2D eigenvalue weighted by Gasteiger charge is -2.26. The van der Waals surface area contributed by atoms with Crippen LogP contribution in [0, 0.1) is 0 Å². The summed E-state index contributed by atoms with van der Waals surface area (Å²) in [5.41, 5.74) is 5.36. The number of hydrogen-bond acceptors (Lipinski definition) is 5. The van der Waals surface area contributed by atoms with Crippen LogP contribution in [-0.4, -0.2) is 30.3 Å². The summed E-state index contributed by atoms with van der Waals surface area (Å²) in [5, 5.41) is 11.6. The van der Waals surface area contributed by atoms with Gasteiger partial charge in [-0.25, -0.2) is 9.98 Å². The quantitative estimate of drug-likeness (QED) is 0.552. The van der Waals surface area contributed by atoms with Crippen LogP contribution in [0.25, 0.3) is 22.2 Å². The maximum atomic E-state index is 4.85. The Bertz CT molecular complexity index is 1320. The molecular formula is C22H19N7. The molecular weight excluding hydrogens is 362 g/mol. The number of fused-ring (bicyclic) bond motifs is 2. The number of H-pyrrole nitrogens is 1. The minimum Gasteiger partial charge on any atom is -0.337 e. The van der Waals surface area contributed by atoms with Crippen LogP contribution in [0.4, 0.5) is 5.69 Å². The highest BCUT2D eigenvalue weighted by molar-refractivity contribution is 6.10. The van der Waals surface area contributed by atoms with Crippen LogP contribution in [0.1, 0.15) is 12.5 Å². The van der Waals surface area contributed by atoms with Crippen molar-refractivity contribution in [3.63, 3.8) is 0 Å². The molecule has 0 fully saturated rings. The first-order valence-corrected chi connectivity index (χ1v) is 9.25. The molecule has 0 aliphatic carbocycles. The van der Waals surface area contributed by atoms with E-state index in [0.29, 0.717) is 5.84 Å². The van der Waals surface area contributed by atoms with Gasteiger partial charge in [0.15, 0.2) is 5.84 Å². The molecule has 0 saturated heterocycles. The van der Waals surface area contributed by atoms with Crippen molar-refractivity contribution in [2.45, 2.75) is 6.92 Å². The number of pyridine rings is 1. The number of amidine groups is 1. The van der Waals surface area contributed by atoms with E-state index in [4.69, 9.17) is 4.99 Å². The van der Waals surface area contributed by atoms with E-state index in [1.54, 1.807) is 6.20 Å². The lowest BCUT2D eigenvalue weighted by molar-refractivity contribution is 0.658. The number of allylic oxidation sites excluding steroid dienone is 1. The van der Waals surface area contributed by atoms with Gasteiger partial charge in [0.25, 0.3) is 0 Å². The normalized spacial score (nSPS) is 14.7. The summed E-state index contributed by atoms with van der Waals surface area (Å²) in [7, 11) is 0. The van der Waals surface area contributed by atoms with E-state index in [-0.39, 0.29) is 0 Å². The van der Waals surface area contributed by atoms with Crippen molar-refractivity contribution >= 4 is 33.8 Å². The zero-order valence-corrected chi connectivity index (χ0v) is 15.9. The zero-order valence-electron chi connectivity index (χ0n) is 15.9. The summed E-state index contributed by atoms with van der Waals surface area (Å²) in [5.74, 6) is 0.685. The minimum atomic E-state index is 0.685. The van der Waals surface area contributed by atoms with Crippen molar-refractivity contribution in [1.82, 2.24) is 24.5 Å². The Morgan fingerprint density at radius 1 is 1.21 bits per heavy atom. The Kier molecular flexibility index (Phi) is 3.98. The average Bonchev–Trinajstić information content (AvgIpc) is 3.39. The first-order valence-electron chi connectivity index (χ1n) is 9.25. The van der Waals surface area contributed by atoms with Crippen molar-refractivity contribution in [2.24, 2.45) is 4.99 Å². The van der Waals surface area contributed by atoms with Crippen LogP contribution in [-0.2, 0) is 0 Å². The molecule has 4 heterocycles. The topological polar surface area (TPSA) is 73.6 Å². The second-order valence-corrected chi connectivity index (χ2v) is 6.72.